The number of amides is 1. The van der Waals surface area contributed by atoms with E-state index in [-0.39, 0.29) is 35.9 Å². The van der Waals surface area contributed by atoms with Crippen LogP contribution in [0.15, 0.2) is 53.5 Å². The van der Waals surface area contributed by atoms with Crippen LogP contribution in [-0.4, -0.2) is 38.1 Å². The number of hydrogen-bond acceptors (Lipinski definition) is 3. The van der Waals surface area contributed by atoms with E-state index in [2.05, 4.69) is 15.6 Å². The van der Waals surface area contributed by atoms with E-state index in [9.17, 15) is 9.18 Å². The third kappa shape index (κ3) is 8.98. The van der Waals surface area contributed by atoms with Gasteiger partial charge in [-0.1, -0.05) is 24.3 Å². The number of nitrogens with two attached hydrogens (primary N) is 1. The lowest BCUT2D eigenvalue weighted by molar-refractivity contribution is -0.121. The molecule has 0 saturated carbocycles. The van der Waals surface area contributed by atoms with Gasteiger partial charge in [0.05, 0.1) is 12.5 Å². The lowest BCUT2D eigenvalue weighted by Gasteiger charge is -2.20. The molecule has 0 fully saturated rings. The van der Waals surface area contributed by atoms with Crippen LogP contribution in [0.4, 0.5) is 4.39 Å². The van der Waals surface area contributed by atoms with Crippen LogP contribution in [0.3, 0.4) is 0 Å². The molecule has 164 valence electrons. The minimum atomic E-state index is -0.444. The minimum Gasteiger partial charge on any atom is -0.489 e. The molecule has 2 rings (SSSR count). The second-order valence-corrected chi connectivity index (χ2v) is 7.01. The fourth-order valence-electron chi connectivity index (χ4n) is 2.82. The molecule has 0 bridgehead atoms. The van der Waals surface area contributed by atoms with E-state index in [1.54, 1.807) is 19.2 Å². The summed E-state index contributed by atoms with van der Waals surface area (Å²) in [5, 5.41) is 6.30. The van der Waals surface area contributed by atoms with Gasteiger partial charge in [0.2, 0.25) is 5.91 Å². The number of nitrogens with zero attached hydrogens (tertiary/aromatic N) is 1. The Morgan fingerprint density at radius 1 is 1.17 bits per heavy atom. The minimum absolute atomic E-state index is 0. The number of rotatable bonds is 9. The normalized spacial score (nSPS) is 13.0. The van der Waals surface area contributed by atoms with Crippen molar-refractivity contribution in [2.24, 2.45) is 16.6 Å². The van der Waals surface area contributed by atoms with Gasteiger partial charge in [0.1, 0.15) is 17.7 Å². The number of hydrogen-bond donors (Lipinski definition) is 3. The zero-order valence-corrected chi connectivity index (χ0v) is 19.9. The van der Waals surface area contributed by atoms with Crippen LogP contribution < -0.4 is 21.1 Å². The molecule has 0 heterocycles. The van der Waals surface area contributed by atoms with Crippen molar-refractivity contribution < 1.29 is 13.9 Å². The first-order valence-electron chi connectivity index (χ1n) is 9.59. The Morgan fingerprint density at radius 2 is 1.83 bits per heavy atom. The maximum Gasteiger partial charge on any atom is 0.222 e. The maximum atomic E-state index is 13.1. The smallest absolute Gasteiger partial charge is 0.222 e. The Balaban J connectivity index is 0.00000450. The number of guanidine groups is 1. The average molecular weight is 528 g/mol. The molecule has 30 heavy (non-hydrogen) atoms. The van der Waals surface area contributed by atoms with Crippen LogP contribution >= 0.6 is 24.0 Å². The summed E-state index contributed by atoms with van der Waals surface area (Å²) in [5.74, 6) is 0.188. The summed E-state index contributed by atoms with van der Waals surface area (Å²) in [6.45, 7) is 4.83. The third-order valence-corrected chi connectivity index (χ3v) is 4.42. The van der Waals surface area contributed by atoms with E-state index in [1.807, 2.05) is 38.1 Å². The second-order valence-electron chi connectivity index (χ2n) is 7.01. The van der Waals surface area contributed by atoms with Gasteiger partial charge in [-0.05, 0) is 55.7 Å². The second kappa shape index (κ2) is 13.0. The molecule has 6 nitrogen and oxygen atoms in total. The molecule has 0 aliphatic heterocycles. The van der Waals surface area contributed by atoms with Crippen LogP contribution in [0.2, 0.25) is 0 Å². The Labute approximate surface area is 194 Å². The van der Waals surface area contributed by atoms with Crippen molar-refractivity contribution in [3.05, 3.63) is 65.5 Å². The van der Waals surface area contributed by atoms with E-state index in [1.165, 1.54) is 12.1 Å². The van der Waals surface area contributed by atoms with Gasteiger partial charge < -0.3 is 21.1 Å². The van der Waals surface area contributed by atoms with Gasteiger partial charge in [0.15, 0.2) is 5.96 Å². The Morgan fingerprint density at radius 3 is 2.43 bits per heavy atom. The highest BCUT2D eigenvalue weighted by Crippen LogP contribution is 2.14. The van der Waals surface area contributed by atoms with Gasteiger partial charge in [0.25, 0.3) is 0 Å². The number of ether oxygens (including phenoxy) is 1. The fraction of sp³-hybridized carbons (Fsp3) is 0.364. The quantitative estimate of drug-likeness (QED) is 0.265. The summed E-state index contributed by atoms with van der Waals surface area (Å²) < 4.78 is 18.9. The molecule has 0 aromatic heterocycles. The number of carbonyl (C=O) groups excluding carboxylic acids is 1. The first-order valence-corrected chi connectivity index (χ1v) is 9.59. The summed E-state index contributed by atoms with van der Waals surface area (Å²) in [7, 11) is 1.65. The third-order valence-electron chi connectivity index (χ3n) is 4.42. The number of aryl methyl sites for hydroxylation is 1. The van der Waals surface area contributed by atoms with E-state index in [0.717, 1.165) is 16.9 Å². The molecule has 2 unspecified atom stereocenters. The van der Waals surface area contributed by atoms with Crippen molar-refractivity contribution in [1.29, 1.82) is 0 Å². The molecule has 4 N–H and O–H groups in total. The molecule has 0 spiro atoms. The molecular weight excluding hydrogens is 498 g/mol. The van der Waals surface area contributed by atoms with Crippen LogP contribution in [-0.2, 0) is 11.2 Å². The molecule has 2 aromatic rings. The van der Waals surface area contributed by atoms with Gasteiger partial charge in [0, 0.05) is 13.6 Å². The standard InChI is InChI=1S/C22H29FN4O2.HI/c1-15-5-4-6-20(11-15)29-16(2)13-26-22(25-3)27-14-18(21(24)28)12-17-7-9-19(23)10-8-17;/h4-11,16,18H,12-14H2,1-3H3,(H2,24,28)(H2,25,26,27);1H. The number of carbonyl (C=O) groups is 1. The van der Waals surface area contributed by atoms with Crippen molar-refractivity contribution >= 4 is 35.8 Å². The van der Waals surface area contributed by atoms with Gasteiger partial charge in [-0.25, -0.2) is 4.39 Å². The summed E-state index contributed by atoms with van der Waals surface area (Å²) >= 11 is 0. The van der Waals surface area contributed by atoms with Crippen molar-refractivity contribution in [3.8, 4) is 5.75 Å². The summed E-state index contributed by atoms with van der Waals surface area (Å²) in [4.78, 5) is 16.0. The molecule has 0 aliphatic carbocycles. The van der Waals surface area contributed by atoms with Gasteiger partial charge in [-0.15, -0.1) is 24.0 Å². The van der Waals surface area contributed by atoms with Gasteiger partial charge in [-0.2, -0.15) is 0 Å². The molecule has 0 saturated heterocycles. The first kappa shape index (κ1) is 25.7. The average Bonchev–Trinajstić information content (AvgIpc) is 2.68. The summed E-state index contributed by atoms with van der Waals surface area (Å²) in [5.41, 5.74) is 7.51. The van der Waals surface area contributed by atoms with E-state index in [0.29, 0.717) is 25.5 Å². The molecule has 0 radical (unpaired) electrons. The lowest BCUT2D eigenvalue weighted by atomic mass is 9.98. The lowest BCUT2D eigenvalue weighted by Crippen LogP contribution is -2.45. The molecule has 2 atom stereocenters. The molecule has 0 aliphatic rings. The van der Waals surface area contributed by atoms with Crippen LogP contribution in [0.5, 0.6) is 5.75 Å². The number of primary amides is 1. The van der Waals surface area contributed by atoms with Crippen molar-refractivity contribution in [3.63, 3.8) is 0 Å². The van der Waals surface area contributed by atoms with Crippen LogP contribution in [0, 0.1) is 18.7 Å². The monoisotopic (exact) mass is 528 g/mol. The van der Waals surface area contributed by atoms with Gasteiger partial charge >= 0.3 is 0 Å². The van der Waals surface area contributed by atoms with Crippen molar-refractivity contribution in [2.45, 2.75) is 26.4 Å². The van der Waals surface area contributed by atoms with E-state index in [4.69, 9.17) is 10.5 Å². The molecule has 8 heteroatoms. The number of nitrogens with one attached hydrogen (secondary N) is 2. The number of halogens is 2. The van der Waals surface area contributed by atoms with Crippen molar-refractivity contribution in [2.75, 3.05) is 20.1 Å². The molecule has 1 amide bonds. The van der Waals surface area contributed by atoms with E-state index >= 15 is 0 Å². The Kier molecular flexibility index (Phi) is 11.2. The van der Waals surface area contributed by atoms with Crippen LogP contribution in [0.25, 0.3) is 0 Å². The predicted octanol–water partition coefficient (Wildman–Crippen LogP) is 3.03. The zero-order valence-electron chi connectivity index (χ0n) is 17.5. The predicted molar refractivity (Wildman–Crippen MR) is 129 cm³/mol. The fourth-order valence-corrected chi connectivity index (χ4v) is 2.82. The van der Waals surface area contributed by atoms with Gasteiger partial charge in [-0.3, -0.25) is 9.79 Å². The Hall–Kier alpha value is -2.36. The van der Waals surface area contributed by atoms with Crippen molar-refractivity contribution in [1.82, 2.24) is 10.6 Å². The summed E-state index contributed by atoms with van der Waals surface area (Å²) in [6, 6.07) is 13.9. The maximum absolute atomic E-state index is 13.1. The topological polar surface area (TPSA) is 88.7 Å². The van der Waals surface area contributed by atoms with Crippen LogP contribution in [0.1, 0.15) is 18.1 Å². The molecule has 2 aromatic carbocycles. The highest BCUT2D eigenvalue weighted by Gasteiger charge is 2.17. The largest absolute Gasteiger partial charge is 0.489 e. The first-order chi connectivity index (χ1) is 13.9. The summed E-state index contributed by atoms with van der Waals surface area (Å²) in [6.07, 6.45) is 0.341. The number of aliphatic imine (C=N–C) groups is 1. The zero-order chi connectivity index (χ0) is 21.2. The highest BCUT2D eigenvalue weighted by molar-refractivity contribution is 14.0. The number of benzene rings is 2. The Bertz CT molecular complexity index is 830. The SMILES string of the molecule is CN=C(NCC(C)Oc1cccc(C)c1)NCC(Cc1ccc(F)cc1)C(N)=O.I. The highest BCUT2D eigenvalue weighted by atomic mass is 127. The molecular formula is C22H30FIN4O2. The van der Waals surface area contributed by atoms with E-state index < -0.39 is 11.8 Å².